The Morgan fingerprint density at radius 2 is 2.24 bits per heavy atom. The Morgan fingerprint density at radius 1 is 1.47 bits per heavy atom. The van der Waals surface area contributed by atoms with Crippen molar-refractivity contribution in [1.29, 1.82) is 0 Å². The van der Waals surface area contributed by atoms with Gasteiger partial charge in [-0.2, -0.15) is 0 Å². The first-order valence-electron chi connectivity index (χ1n) is 5.18. The molecule has 6 nitrogen and oxygen atoms in total. The number of nitrogens with zero attached hydrogens (tertiary/aromatic N) is 1. The second-order valence-electron chi connectivity index (χ2n) is 3.20. The van der Waals surface area contributed by atoms with Gasteiger partial charge in [-0.05, 0) is 19.1 Å². The highest BCUT2D eigenvalue weighted by atomic mass is 16.5. The lowest BCUT2D eigenvalue weighted by Crippen LogP contribution is -2.30. The van der Waals surface area contributed by atoms with E-state index in [4.69, 9.17) is 0 Å². The van der Waals surface area contributed by atoms with Crippen LogP contribution in [0.3, 0.4) is 0 Å². The maximum atomic E-state index is 11.6. The molecule has 0 bridgehead atoms. The highest BCUT2D eigenvalue weighted by Crippen LogP contribution is 2.12. The molecule has 0 aliphatic rings. The molecule has 0 unspecified atom stereocenters. The fraction of sp³-hybridized carbons (Fsp3) is 0.364. The molecule has 0 spiro atoms. The first-order chi connectivity index (χ1) is 8.15. The van der Waals surface area contributed by atoms with Crippen LogP contribution in [-0.4, -0.2) is 41.5 Å². The number of pyridine rings is 1. The predicted molar refractivity (Wildman–Crippen MR) is 59.7 cm³/mol. The largest absolute Gasteiger partial charge is 0.506 e. The minimum Gasteiger partial charge on any atom is -0.506 e. The average Bonchev–Trinajstić information content (AvgIpc) is 2.29. The van der Waals surface area contributed by atoms with E-state index in [1.807, 2.05) is 0 Å². The fourth-order valence-corrected chi connectivity index (χ4v) is 1.19. The van der Waals surface area contributed by atoms with Crippen molar-refractivity contribution in [3.63, 3.8) is 0 Å². The Morgan fingerprint density at radius 3 is 2.88 bits per heavy atom. The van der Waals surface area contributed by atoms with Gasteiger partial charge < -0.3 is 9.84 Å². The van der Waals surface area contributed by atoms with Gasteiger partial charge in [0, 0.05) is 6.20 Å². The number of ketones is 1. The molecule has 6 heteroatoms. The SMILES string of the molecule is CCOC(=O)CNCC(=O)c1ncccc1O. The summed E-state index contributed by atoms with van der Waals surface area (Å²) >= 11 is 0. The van der Waals surface area contributed by atoms with Gasteiger partial charge in [0.1, 0.15) is 11.4 Å². The fourth-order valence-electron chi connectivity index (χ4n) is 1.19. The topological polar surface area (TPSA) is 88.5 Å². The lowest BCUT2D eigenvalue weighted by atomic mass is 10.2. The lowest BCUT2D eigenvalue weighted by molar-refractivity contribution is -0.141. The molecular formula is C11H14N2O4. The zero-order valence-electron chi connectivity index (χ0n) is 9.47. The number of nitrogens with one attached hydrogen (secondary N) is 1. The van der Waals surface area contributed by atoms with Crippen molar-refractivity contribution >= 4 is 11.8 Å². The number of hydrogen-bond acceptors (Lipinski definition) is 6. The van der Waals surface area contributed by atoms with Crippen LogP contribution in [0.2, 0.25) is 0 Å². The third-order valence-corrected chi connectivity index (χ3v) is 1.91. The summed E-state index contributed by atoms with van der Waals surface area (Å²) in [5.41, 5.74) is -0.0103. The number of esters is 1. The molecule has 0 aliphatic heterocycles. The van der Waals surface area contributed by atoms with Crippen LogP contribution >= 0.6 is 0 Å². The molecule has 17 heavy (non-hydrogen) atoms. The van der Waals surface area contributed by atoms with Gasteiger partial charge in [0.15, 0.2) is 5.78 Å². The van der Waals surface area contributed by atoms with Crippen molar-refractivity contribution in [3.8, 4) is 5.75 Å². The smallest absolute Gasteiger partial charge is 0.319 e. The number of Topliss-reactive ketones (excluding diaryl/α,β-unsaturated/α-hetero) is 1. The van der Waals surface area contributed by atoms with Crippen LogP contribution in [0.5, 0.6) is 5.75 Å². The second-order valence-corrected chi connectivity index (χ2v) is 3.20. The Hall–Kier alpha value is -1.95. The number of carbonyl (C=O) groups is 2. The summed E-state index contributed by atoms with van der Waals surface area (Å²) in [6.07, 6.45) is 1.41. The molecule has 1 aromatic rings. The molecule has 2 N–H and O–H groups in total. The molecule has 0 aliphatic carbocycles. The van der Waals surface area contributed by atoms with Gasteiger partial charge in [-0.1, -0.05) is 0 Å². The van der Waals surface area contributed by atoms with E-state index >= 15 is 0 Å². The third-order valence-electron chi connectivity index (χ3n) is 1.91. The number of carbonyl (C=O) groups excluding carboxylic acids is 2. The Balaban J connectivity index is 2.41. The maximum Gasteiger partial charge on any atom is 0.319 e. The van der Waals surface area contributed by atoms with Crippen LogP contribution in [0.1, 0.15) is 17.4 Å². The molecule has 0 atom stereocenters. The summed E-state index contributed by atoms with van der Waals surface area (Å²) in [5, 5.41) is 12.0. The van der Waals surface area contributed by atoms with Crippen LogP contribution in [0.25, 0.3) is 0 Å². The van der Waals surface area contributed by atoms with Gasteiger partial charge in [0.25, 0.3) is 0 Å². The second kappa shape index (κ2) is 6.59. The van der Waals surface area contributed by atoms with E-state index in [1.54, 1.807) is 6.92 Å². The van der Waals surface area contributed by atoms with Gasteiger partial charge in [0.2, 0.25) is 0 Å². The van der Waals surface area contributed by atoms with Crippen LogP contribution in [-0.2, 0) is 9.53 Å². The molecule has 0 saturated carbocycles. The minimum absolute atomic E-state index is 0.0103. The molecule has 1 rings (SSSR count). The Labute approximate surface area is 98.6 Å². The molecule has 1 heterocycles. The van der Waals surface area contributed by atoms with Crippen molar-refractivity contribution in [2.24, 2.45) is 0 Å². The molecule has 0 saturated heterocycles. The quantitative estimate of drug-likeness (QED) is 0.540. The van der Waals surface area contributed by atoms with Crippen LogP contribution in [0.15, 0.2) is 18.3 Å². The lowest BCUT2D eigenvalue weighted by Gasteiger charge is -2.04. The maximum absolute atomic E-state index is 11.6. The number of hydrogen-bond donors (Lipinski definition) is 2. The van der Waals surface area contributed by atoms with E-state index in [9.17, 15) is 14.7 Å². The van der Waals surface area contributed by atoms with E-state index in [2.05, 4.69) is 15.0 Å². The van der Waals surface area contributed by atoms with Gasteiger partial charge in [-0.15, -0.1) is 0 Å². The molecular weight excluding hydrogens is 224 g/mol. The number of aromatic hydroxyl groups is 1. The van der Waals surface area contributed by atoms with Crippen molar-refractivity contribution in [3.05, 3.63) is 24.0 Å². The van der Waals surface area contributed by atoms with Gasteiger partial charge in [0.05, 0.1) is 19.7 Å². The normalized spacial score (nSPS) is 9.94. The number of rotatable bonds is 6. The standard InChI is InChI=1S/C11H14N2O4/c1-2-17-10(16)7-12-6-9(15)11-8(14)4-3-5-13-11/h3-5,12,14H,2,6-7H2,1H3. The van der Waals surface area contributed by atoms with E-state index in [0.717, 1.165) is 0 Å². The summed E-state index contributed by atoms with van der Waals surface area (Å²) in [5.74, 6) is -0.978. The summed E-state index contributed by atoms with van der Waals surface area (Å²) in [7, 11) is 0. The number of aromatic nitrogens is 1. The van der Waals surface area contributed by atoms with Crippen molar-refractivity contribution in [2.75, 3.05) is 19.7 Å². The van der Waals surface area contributed by atoms with E-state index in [1.165, 1.54) is 18.3 Å². The van der Waals surface area contributed by atoms with E-state index in [0.29, 0.717) is 6.61 Å². The predicted octanol–water partition coefficient (Wildman–Crippen LogP) is 0.123. The Bertz CT molecular complexity index is 406. The van der Waals surface area contributed by atoms with E-state index < -0.39 is 5.97 Å². The van der Waals surface area contributed by atoms with E-state index in [-0.39, 0.29) is 30.3 Å². The van der Waals surface area contributed by atoms with Crippen LogP contribution in [0, 0.1) is 0 Å². The molecule has 92 valence electrons. The zero-order chi connectivity index (χ0) is 12.7. The first kappa shape index (κ1) is 13.1. The highest BCUT2D eigenvalue weighted by molar-refractivity contribution is 5.98. The summed E-state index contributed by atoms with van der Waals surface area (Å²) in [6.45, 7) is 1.88. The summed E-state index contributed by atoms with van der Waals surface area (Å²) in [6, 6.07) is 2.91. The zero-order valence-corrected chi connectivity index (χ0v) is 9.47. The highest BCUT2D eigenvalue weighted by Gasteiger charge is 2.12. The molecule has 0 fully saturated rings. The monoisotopic (exact) mass is 238 g/mol. The third kappa shape index (κ3) is 4.20. The van der Waals surface area contributed by atoms with Gasteiger partial charge in [-0.25, -0.2) is 4.98 Å². The van der Waals surface area contributed by atoms with Crippen molar-refractivity contribution in [2.45, 2.75) is 6.92 Å². The molecule has 1 aromatic heterocycles. The van der Waals surface area contributed by atoms with Crippen LogP contribution in [0.4, 0.5) is 0 Å². The summed E-state index contributed by atoms with van der Waals surface area (Å²) in [4.78, 5) is 26.3. The molecule has 0 amide bonds. The Kier molecular flexibility index (Phi) is 5.09. The first-order valence-corrected chi connectivity index (χ1v) is 5.18. The minimum atomic E-state index is -0.425. The van der Waals surface area contributed by atoms with Gasteiger partial charge >= 0.3 is 5.97 Å². The molecule has 0 aromatic carbocycles. The summed E-state index contributed by atoms with van der Waals surface area (Å²) < 4.78 is 4.68. The molecule has 0 radical (unpaired) electrons. The van der Waals surface area contributed by atoms with Crippen molar-refractivity contribution < 1.29 is 19.4 Å². The average molecular weight is 238 g/mol. The van der Waals surface area contributed by atoms with Crippen molar-refractivity contribution in [1.82, 2.24) is 10.3 Å². The van der Waals surface area contributed by atoms with Gasteiger partial charge in [-0.3, -0.25) is 14.9 Å². The van der Waals surface area contributed by atoms with Crippen LogP contribution < -0.4 is 5.32 Å². The number of ether oxygens (including phenoxy) is 1.